The summed E-state index contributed by atoms with van der Waals surface area (Å²) in [5.41, 5.74) is 6.62. The van der Waals surface area contributed by atoms with Crippen molar-refractivity contribution in [3.05, 3.63) is 77.4 Å². The van der Waals surface area contributed by atoms with E-state index in [9.17, 15) is 0 Å². The number of hydrogen-bond acceptors (Lipinski definition) is 5. The predicted molar refractivity (Wildman–Crippen MR) is 120 cm³/mol. The van der Waals surface area contributed by atoms with E-state index in [0.717, 1.165) is 35.6 Å². The van der Waals surface area contributed by atoms with Crippen LogP contribution in [-0.4, -0.2) is 30.4 Å². The molecule has 5 nitrogen and oxygen atoms in total. The number of aryl methyl sites for hydroxylation is 1. The van der Waals surface area contributed by atoms with Crippen LogP contribution in [0.1, 0.15) is 35.7 Å². The van der Waals surface area contributed by atoms with Crippen molar-refractivity contribution in [3.8, 4) is 5.75 Å². The highest BCUT2D eigenvalue weighted by Gasteiger charge is 2.32. The molecule has 2 heterocycles. The van der Waals surface area contributed by atoms with Crippen LogP contribution in [0.3, 0.4) is 0 Å². The maximum atomic E-state index is 5.99. The van der Waals surface area contributed by atoms with Crippen LogP contribution in [0.25, 0.3) is 10.8 Å². The summed E-state index contributed by atoms with van der Waals surface area (Å²) < 4.78 is 5.99. The minimum Gasteiger partial charge on any atom is -0.489 e. The van der Waals surface area contributed by atoms with E-state index < -0.39 is 0 Å². The van der Waals surface area contributed by atoms with Gasteiger partial charge >= 0.3 is 0 Å². The summed E-state index contributed by atoms with van der Waals surface area (Å²) in [6, 6.07) is 21.4. The van der Waals surface area contributed by atoms with E-state index in [1.54, 1.807) is 0 Å². The molecule has 2 atom stereocenters. The third-order valence-corrected chi connectivity index (χ3v) is 6.01. The van der Waals surface area contributed by atoms with Crippen molar-refractivity contribution in [2.45, 2.75) is 38.6 Å². The molecule has 2 aliphatic heterocycles. The van der Waals surface area contributed by atoms with Gasteiger partial charge in [0.2, 0.25) is 5.90 Å². The van der Waals surface area contributed by atoms with Gasteiger partial charge in [-0.25, -0.2) is 4.99 Å². The van der Waals surface area contributed by atoms with E-state index in [1.165, 1.54) is 22.9 Å². The Bertz CT molecular complexity index is 1080. The summed E-state index contributed by atoms with van der Waals surface area (Å²) >= 11 is 0. The minimum atomic E-state index is -0.157. The molecule has 0 aliphatic carbocycles. The highest BCUT2D eigenvalue weighted by Crippen LogP contribution is 2.28. The number of nitrogens with zero attached hydrogens (tertiary/aromatic N) is 2. The molecular formula is C25H27N3O2. The first-order valence-corrected chi connectivity index (χ1v) is 10.6. The first-order chi connectivity index (χ1) is 14.7. The molecule has 0 bridgehead atoms. The zero-order valence-corrected chi connectivity index (χ0v) is 17.5. The molecule has 1 fully saturated rings. The lowest BCUT2D eigenvalue weighted by molar-refractivity contribution is 0.162. The Morgan fingerprint density at radius 1 is 1.07 bits per heavy atom. The second kappa shape index (κ2) is 8.09. The normalized spacial score (nSPS) is 21.6. The lowest BCUT2D eigenvalue weighted by Crippen LogP contribution is -2.34. The number of fused-ring (bicyclic) bond motifs is 1. The molecule has 3 aromatic carbocycles. The maximum absolute atomic E-state index is 5.99. The van der Waals surface area contributed by atoms with Crippen LogP contribution in [0, 0.1) is 6.92 Å². The molecule has 1 unspecified atom stereocenters. The van der Waals surface area contributed by atoms with Crippen LogP contribution < -0.4 is 10.2 Å². The number of rotatable bonds is 5. The largest absolute Gasteiger partial charge is 0.489 e. The molecular weight excluding hydrogens is 374 g/mol. The summed E-state index contributed by atoms with van der Waals surface area (Å²) in [7, 11) is 2.13. The number of likely N-dealkylation sites (tertiary alicyclic amines) is 1. The highest BCUT2D eigenvalue weighted by atomic mass is 16.7. The monoisotopic (exact) mass is 401 g/mol. The van der Waals surface area contributed by atoms with Crippen LogP contribution in [-0.2, 0) is 11.4 Å². The van der Waals surface area contributed by atoms with Gasteiger partial charge in [-0.3, -0.25) is 4.90 Å². The van der Waals surface area contributed by atoms with Crippen molar-refractivity contribution in [1.82, 2.24) is 10.4 Å². The van der Waals surface area contributed by atoms with E-state index in [1.807, 2.05) is 6.07 Å². The second-order valence-corrected chi connectivity index (χ2v) is 8.27. The Hall–Kier alpha value is -2.89. The van der Waals surface area contributed by atoms with E-state index in [4.69, 9.17) is 14.6 Å². The van der Waals surface area contributed by atoms with Gasteiger partial charge in [0.05, 0.1) is 6.04 Å². The van der Waals surface area contributed by atoms with Crippen molar-refractivity contribution in [3.63, 3.8) is 0 Å². The molecule has 0 saturated carbocycles. The average Bonchev–Trinajstić information content (AvgIpc) is 3.42. The molecule has 0 spiro atoms. The third kappa shape index (κ3) is 3.91. The zero-order valence-electron chi connectivity index (χ0n) is 17.5. The predicted octanol–water partition coefficient (Wildman–Crippen LogP) is 4.75. The molecule has 1 saturated heterocycles. The summed E-state index contributed by atoms with van der Waals surface area (Å²) in [5.74, 6) is 1.68. The average molecular weight is 402 g/mol. The van der Waals surface area contributed by atoms with Crippen molar-refractivity contribution in [2.24, 2.45) is 4.99 Å². The molecule has 30 heavy (non-hydrogen) atoms. The Balaban J connectivity index is 1.30. The van der Waals surface area contributed by atoms with Gasteiger partial charge in [0.25, 0.3) is 0 Å². The van der Waals surface area contributed by atoms with Gasteiger partial charge in [0.1, 0.15) is 12.4 Å². The first kappa shape index (κ1) is 19.1. The lowest BCUT2D eigenvalue weighted by Gasteiger charge is -2.17. The summed E-state index contributed by atoms with van der Waals surface area (Å²) in [4.78, 5) is 12.8. The zero-order chi connectivity index (χ0) is 20.5. The molecule has 154 valence electrons. The molecule has 5 rings (SSSR count). The fourth-order valence-electron chi connectivity index (χ4n) is 4.17. The quantitative estimate of drug-likeness (QED) is 0.670. The number of hydrogen-bond donors (Lipinski definition) is 1. The summed E-state index contributed by atoms with van der Waals surface area (Å²) in [6.07, 6.45) is 2.14. The Kier molecular flexibility index (Phi) is 5.15. The Morgan fingerprint density at radius 3 is 2.67 bits per heavy atom. The Morgan fingerprint density at radius 2 is 1.87 bits per heavy atom. The molecule has 0 radical (unpaired) electrons. The van der Waals surface area contributed by atoms with Gasteiger partial charge in [-0.1, -0.05) is 48.0 Å². The van der Waals surface area contributed by atoms with Gasteiger partial charge in [0.15, 0.2) is 6.17 Å². The lowest BCUT2D eigenvalue weighted by atomic mass is 10.1. The summed E-state index contributed by atoms with van der Waals surface area (Å²) in [6.45, 7) is 3.76. The number of likely N-dealkylation sites (N-methyl/N-ethyl adjacent to an activating group) is 1. The first-order valence-electron chi connectivity index (χ1n) is 10.6. The molecule has 3 aromatic rings. The van der Waals surface area contributed by atoms with Gasteiger partial charge in [-0.15, -0.1) is 5.48 Å². The molecule has 0 aromatic heterocycles. The van der Waals surface area contributed by atoms with Crippen molar-refractivity contribution >= 4 is 16.7 Å². The number of benzene rings is 3. The molecule has 0 amide bonds. The van der Waals surface area contributed by atoms with Gasteiger partial charge in [0, 0.05) is 0 Å². The maximum Gasteiger partial charge on any atom is 0.228 e. The van der Waals surface area contributed by atoms with Crippen LogP contribution >= 0.6 is 0 Å². The van der Waals surface area contributed by atoms with Crippen molar-refractivity contribution in [1.29, 1.82) is 0 Å². The van der Waals surface area contributed by atoms with E-state index in [0.29, 0.717) is 6.61 Å². The highest BCUT2D eigenvalue weighted by molar-refractivity contribution is 5.86. The van der Waals surface area contributed by atoms with Crippen LogP contribution in [0.4, 0.5) is 0 Å². The van der Waals surface area contributed by atoms with Crippen LogP contribution in [0.2, 0.25) is 0 Å². The standard InChI is InChI=1S/C25H27N3O2/c1-17-5-7-18(8-6-17)16-29-22-12-11-19-14-21(10-9-20(19)15-22)24-26-25(30-27-24)23-4-3-13-28(23)2/h5-12,14-15,23-24,27H,3-4,13,16H2,1-2H3/t23-,24?/m0/s1. The van der Waals surface area contributed by atoms with E-state index in [-0.39, 0.29) is 12.2 Å². The van der Waals surface area contributed by atoms with Gasteiger partial charge in [-0.2, -0.15) is 0 Å². The number of ether oxygens (including phenoxy) is 1. The molecule has 5 heteroatoms. The summed E-state index contributed by atoms with van der Waals surface area (Å²) in [5, 5.41) is 2.32. The van der Waals surface area contributed by atoms with Crippen LogP contribution in [0.15, 0.2) is 65.7 Å². The molecule has 1 N–H and O–H groups in total. The number of aliphatic imine (C=N–C) groups is 1. The SMILES string of the molecule is Cc1ccc(COc2ccc3cc(C4N=C([C@@H]5CCCN5C)ON4)ccc3c2)cc1. The van der Waals surface area contributed by atoms with Crippen molar-refractivity contribution < 1.29 is 9.57 Å². The van der Waals surface area contributed by atoms with Crippen LogP contribution in [0.5, 0.6) is 5.75 Å². The Labute approximate surface area is 177 Å². The fourth-order valence-corrected chi connectivity index (χ4v) is 4.17. The van der Waals surface area contributed by atoms with Gasteiger partial charge in [-0.05, 0) is 73.5 Å². The molecule has 2 aliphatic rings. The number of nitrogens with one attached hydrogen (secondary N) is 1. The van der Waals surface area contributed by atoms with E-state index in [2.05, 4.69) is 78.9 Å². The van der Waals surface area contributed by atoms with Gasteiger partial charge < -0.3 is 9.57 Å². The van der Waals surface area contributed by atoms with Crippen molar-refractivity contribution in [2.75, 3.05) is 13.6 Å². The fraction of sp³-hybridized carbons (Fsp3) is 0.320. The van der Waals surface area contributed by atoms with E-state index >= 15 is 0 Å². The number of hydroxylamine groups is 1. The topological polar surface area (TPSA) is 46.1 Å². The smallest absolute Gasteiger partial charge is 0.228 e. The second-order valence-electron chi connectivity index (χ2n) is 8.27. The third-order valence-electron chi connectivity index (χ3n) is 6.01. The minimum absolute atomic E-state index is 0.157.